The topological polar surface area (TPSA) is 89.3 Å². The molecule has 0 aromatic carbocycles. The molecule has 10 heteroatoms. The number of hydrogen-bond donors (Lipinski definition) is 2. The minimum atomic E-state index is -1.05. The molecule has 0 unspecified atom stereocenters. The average molecular weight is 415 g/mol. The molecule has 3 aromatic rings. The van der Waals surface area contributed by atoms with Gasteiger partial charge in [0.15, 0.2) is 11.5 Å². The molecule has 2 fully saturated rings. The molecule has 2 atom stereocenters. The third kappa shape index (κ3) is 3.34. The summed E-state index contributed by atoms with van der Waals surface area (Å²) in [4.78, 5) is 12.6. The predicted octanol–water partition coefficient (Wildman–Crippen LogP) is 2.71. The highest BCUT2D eigenvalue weighted by atomic mass is 19.1. The number of halogens is 2. The number of nitrogens with zero attached hydrogens (tertiary/aromatic N) is 5. The summed E-state index contributed by atoms with van der Waals surface area (Å²) >= 11 is 0. The lowest BCUT2D eigenvalue weighted by Crippen LogP contribution is -2.30. The molecule has 0 spiro atoms. The van der Waals surface area contributed by atoms with E-state index in [1.54, 1.807) is 11.6 Å². The maximum atomic E-state index is 14.7. The highest BCUT2D eigenvalue weighted by Gasteiger charge is 2.28. The number of alkyl halides is 1. The van der Waals surface area contributed by atoms with Crippen LogP contribution in [0.3, 0.4) is 0 Å². The minimum Gasteiger partial charge on any atom is -0.495 e. The fraction of sp³-hybridized carbons (Fsp3) is 0.500. The maximum Gasteiger partial charge on any atom is 0.223 e. The van der Waals surface area contributed by atoms with Crippen LogP contribution in [0.1, 0.15) is 37.3 Å². The molecule has 3 aromatic heterocycles. The summed E-state index contributed by atoms with van der Waals surface area (Å²) in [5, 5.41) is 10.7. The number of nitrogens with one attached hydrogen (secondary N) is 2. The van der Waals surface area contributed by atoms with Gasteiger partial charge in [0, 0.05) is 25.1 Å². The van der Waals surface area contributed by atoms with E-state index < -0.39 is 18.0 Å². The molecule has 4 heterocycles. The van der Waals surface area contributed by atoms with Gasteiger partial charge in [-0.3, -0.25) is 0 Å². The van der Waals surface area contributed by atoms with Crippen LogP contribution in [0.4, 0.5) is 14.7 Å². The van der Waals surface area contributed by atoms with Crippen molar-refractivity contribution in [1.29, 1.82) is 0 Å². The van der Waals surface area contributed by atoms with Crippen molar-refractivity contribution >= 4 is 11.6 Å². The summed E-state index contributed by atoms with van der Waals surface area (Å²) in [6.07, 6.45) is 5.98. The highest BCUT2D eigenvalue weighted by Crippen LogP contribution is 2.38. The van der Waals surface area contributed by atoms with Crippen LogP contribution in [0.25, 0.3) is 17.0 Å². The van der Waals surface area contributed by atoms with Gasteiger partial charge in [-0.05, 0) is 12.8 Å². The zero-order valence-corrected chi connectivity index (χ0v) is 16.6. The quantitative estimate of drug-likeness (QED) is 0.662. The minimum absolute atomic E-state index is 0.0661. The molecule has 8 nitrogen and oxygen atoms in total. The van der Waals surface area contributed by atoms with Crippen LogP contribution in [0.15, 0.2) is 18.5 Å². The first-order valence-electron chi connectivity index (χ1n) is 10.2. The van der Waals surface area contributed by atoms with Crippen LogP contribution in [0.2, 0.25) is 0 Å². The number of ether oxygens (including phenoxy) is 1. The van der Waals surface area contributed by atoms with Gasteiger partial charge < -0.3 is 15.4 Å². The zero-order valence-electron chi connectivity index (χ0n) is 16.6. The van der Waals surface area contributed by atoms with E-state index in [1.165, 1.54) is 6.20 Å². The number of anilines is 1. The Balaban J connectivity index is 1.55. The molecule has 0 radical (unpaired) electrons. The molecule has 1 aliphatic carbocycles. The van der Waals surface area contributed by atoms with Crippen LogP contribution in [-0.4, -0.2) is 57.0 Å². The molecule has 30 heavy (non-hydrogen) atoms. The zero-order chi connectivity index (χ0) is 20.7. The molecule has 2 aliphatic rings. The van der Waals surface area contributed by atoms with Crippen LogP contribution < -0.4 is 15.4 Å². The van der Waals surface area contributed by atoms with Crippen molar-refractivity contribution in [3.8, 4) is 17.1 Å². The summed E-state index contributed by atoms with van der Waals surface area (Å²) < 4.78 is 35.7. The van der Waals surface area contributed by atoms with Gasteiger partial charge in [0.05, 0.1) is 25.5 Å². The Morgan fingerprint density at radius 1 is 1.20 bits per heavy atom. The Hall–Kier alpha value is -2.88. The van der Waals surface area contributed by atoms with E-state index in [-0.39, 0.29) is 18.2 Å². The monoisotopic (exact) mass is 415 g/mol. The van der Waals surface area contributed by atoms with E-state index in [0.29, 0.717) is 29.6 Å². The molecule has 0 bridgehead atoms. The normalized spacial score (nSPS) is 22.1. The van der Waals surface area contributed by atoms with Crippen LogP contribution in [0.5, 0.6) is 5.75 Å². The van der Waals surface area contributed by atoms with Crippen molar-refractivity contribution < 1.29 is 13.5 Å². The summed E-state index contributed by atoms with van der Waals surface area (Å²) in [6.45, 7) is 0.730. The third-order valence-electron chi connectivity index (χ3n) is 5.89. The molecule has 1 saturated carbocycles. The van der Waals surface area contributed by atoms with Crippen LogP contribution >= 0.6 is 0 Å². The van der Waals surface area contributed by atoms with Gasteiger partial charge in [0.2, 0.25) is 5.95 Å². The number of rotatable bonds is 5. The second kappa shape index (κ2) is 7.75. The predicted molar refractivity (Wildman–Crippen MR) is 107 cm³/mol. The fourth-order valence-corrected chi connectivity index (χ4v) is 4.29. The highest BCUT2D eigenvalue weighted by molar-refractivity contribution is 5.62. The van der Waals surface area contributed by atoms with Crippen molar-refractivity contribution in [3.05, 3.63) is 30.0 Å². The molecule has 158 valence electrons. The van der Waals surface area contributed by atoms with Crippen molar-refractivity contribution in [2.75, 3.05) is 25.5 Å². The van der Waals surface area contributed by atoms with Gasteiger partial charge in [-0.15, -0.1) is 0 Å². The molecule has 5 rings (SSSR count). The summed E-state index contributed by atoms with van der Waals surface area (Å²) in [6, 6.07) is 1.36. The van der Waals surface area contributed by atoms with Gasteiger partial charge in [-0.1, -0.05) is 12.8 Å². The Morgan fingerprint density at radius 3 is 2.77 bits per heavy atom. The average Bonchev–Trinajstić information content (AvgIpc) is 3.50. The SMILES string of the molecule is COc1cc2ncc(-c3nc(N[C@H]4CNC[C@@H]4F)ncc3F)n2nc1C1CCCC1. The number of hydrogen-bond acceptors (Lipinski definition) is 7. The Bertz CT molecular complexity index is 1070. The van der Waals surface area contributed by atoms with Crippen molar-refractivity contribution in [2.24, 2.45) is 0 Å². The number of imidazole rings is 1. The first kappa shape index (κ1) is 19.1. The smallest absolute Gasteiger partial charge is 0.223 e. The van der Waals surface area contributed by atoms with E-state index in [9.17, 15) is 8.78 Å². The second-order valence-corrected chi connectivity index (χ2v) is 7.81. The lowest BCUT2D eigenvalue weighted by Gasteiger charge is -2.15. The Kier molecular flexibility index (Phi) is 4.93. The lowest BCUT2D eigenvalue weighted by atomic mass is 10.0. The second-order valence-electron chi connectivity index (χ2n) is 7.81. The van der Waals surface area contributed by atoms with Gasteiger partial charge in [0.25, 0.3) is 0 Å². The first-order chi connectivity index (χ1) is 14.6. The molecule has 0 amide bonds. The lowest BCUT2D eigenvalue weighted by molar-refractivity contribution is 0.342. The van der Waals surface area contributed by atoms with Gasteiger partial charge >= 0.3 is 0 Å². The van der Waals surface area contributed by atoms with Crippen LogP contribution in [0, 0.1) is 5.82 Å². The van der Waals surface area contributed by atoms with Crippen molar-refractivity contribution in [3.63, 3.8) is 0 Å². The molecular weight excluding hydrogens is 392 g/mol. The summed E-state index contributed by atoms with van der Waals surface area (Å²) in [5.41, 5.74) is 1.87. The van der Waals surface area contributed by atoms with E-state index in [2.05, 4.69) is 25.6 Å². The van der Waals surface area contributed by atoms with E-state index in [1.807, 2.05) is 6.07 Å². The van der Waals surface area contributed by atoms with Crippen molar-refractivity contribution in [2.45, 2.75) is 43.8 Å². The maximum absolute atomic E-state index is 14.7. The molecule has 1 saturated heterocycles. The third-order valence-corrected chi connectivity index (χ3v) is 5.89. The number of fused-ring (bicyclic) bond motifs is 1. The van der Waals surface area contributed by atoms with E-state index in [4.69, 9.17) is 9.84 Å². The van der Waals surface area contributed by atoms with Crippen LogP contribution in [-0.2, 0) is 0 Å². The Labute approximate surface area is 172 Å². The van der Waals surface area contributed by atoms with Gasteiger partial charge in [-0.25, -0.2) is 28.2 Å². The first-order valence-corrected chi connectivity index (χ1v) is 10.2. The molecule has 2 N–H and O–H groups in total. The number of aromatic nitrogens is 5. The molecule has 1 aliphatic heterocycles. The van der Waals surface area contributed by atoms with E-state index in [0.717, 1.165) is 37.6 Å². The van der Waals surface area contributed by atoms with Gasteiger partial charge in [0.1, 0.15) is 29.0 Å². The van der Waals surface area contributed by atoms with E-state index >= 15 is 0 Å². The van der Waals surface area contributed by atoms with Crippen molar-refractivity contribution in [1.82, 2.24) is 29.9 Å². The standard InChI is InChI=1S/C20H23F2N7O/c1-30-16-6-17-24-10-15(29(17)28-18(16)11-4-2-3-5-11)19-13(22)8-25-20(27-19)26-14-9-23-7-12(14)21/h6,8,10-12,14,23H,2-5,7,9H2,1H3,(H,25,26,27)/t12-,14-/m0/s1. The fourth-order valence-electron chi connectivity index (χ4n) is 4.29. The largest absolute Gasteiger partial charge is 0.495 e. The Morgan fingerprint density at radius 2 is 2.03 bits per heavy atom. The summed E-state index contributed by atoms with van der Waals surface area (Å²) in [5.74, 6) is 0.578. The van der Waals surface area contributed by atoms with Gasteiger partial charge in [-0.2, -0.15) is 5.10 Å². The number of methoxy groups -OCH3 is 1. The molecular formula is C20H23F2N7O. The summed E-state index contributed by atoms with van der Waals surface area (Å²) in [7, 11) is 1.62.